The number of ether oxygens (including phenoxy) is 1. The first-order valence-electron chi connectivity index (χ1n) is 9.26. The summed E-state index contributed by atoms with van der Waals surface area (Å²) in [6.45, 7) is 0.853. The van der Waals surface area contributed by atoms with Gasteiger partial charge in [-0.15, -0.1) is 0 Å². The molecule has 2 aromatic heterocycles. The Morgan fingerprint density at radius 3 is 2.48 bits per heavy atom. The number of nitrogens with zero attached hydrogens (tertiary/aromatic N) is 3. The van der Waals surface area contributed by atoms with Gasteiger partial charge in [0.15, 0.2) is 0 Å². The number of halogens is 3. The molecule has 0 saturated heterocycles. The highest BCUT2D eigenvalue weighted by molar-refractivity contribution is 5.90. The molecule has 0 aliphatic heterocycles. The first kappa shape index (κ1) is 18.2. The van der Waals surface area contributed by atoms with Gasteiger partial charge in [-0.05, 0) is 44.4 Å². The molecule has 4 rings (SSSR count). The van der Waals surface area contributed by atoms with Crippen molar-refractivity contribution in [2.75, 3.05) is 17.7 Å². The predicted octanol–water partition coefficient (Wildman–Crippen LogP) is 3.78. The van der Waals surface area contributed by atoms with Gasteiger partial charge < -0.3 is 15.8 Å². The van der Waals surface area contributed by atoms with Crippen molar-refractivity contribution >= 4 is 22.7 Å². The van der Waals surface area contributed by atoms with E-state index >= 15 is 0 Å². The molecule has 2 aromatic rings. The molecule has 2 saturated carbocycles. The van der Waals surface area contributed by atoms with Gasteiger partial charge >= 0.3 is 6.18 Å². The molecule has 146 valence electrons. The Hall–Kier alpha value is -2.16. The lowest BCUT2D eigenvalue weighted by Gasteiger charge is -2.29. The number of nitrogens with one attached hydrogen (secondary N) is 1. The normalized spacial score (nSPS) is 23.5. The van der Waals surface area contributed by atoms with E-state index in [0.29, 0.717) is 0 Å². The van der Waals surface area contributed by atoms with Gasteiger partial charge in [-0.25, -0.2) is 15.0 Å². The summed E-state index contributed by atoms with van der Waals surface area (Å²) in [6.07, 6.45) is 3.91. The Morgan fingerprint density at radius 1 is 1.07 bits per heavy atom. The fourth-order valence-corrected chi connectivity index (χ4v) is 3.43. The summed E-state index contributed by atoms with van der Waals surface area (Å²) in [7, 11) is 0. The van der Waals surface area contributed by atoms with Crippen LogP contribution < -0.4 is 11.1 Å². The molecule has 0 radical (unpaired) electrons. The van der Waals surface area contributed by atoms with E-state index in [9.17, 15) is 13.2 Å². The molecule has 2 aliphatic rings. The van der Waals surface area contributed by atoms with Crippen LogP contribution in [-0.2, 0) is 10.9 Å². The minimum Gasteiger partial charge on any atom is -0.383 e. The van der Waals surface area contributed by atoms with Crippen LogP contribution in [0.15, 0.2) is 12.4 Å². The number of rotatable bonds is 5. The van der Waals surface area contributed by atoms with E-state index in [4.69, 9.17) is 10.5 Å². The van der Waals surface area contributed by atoms with Gasteiger partial charge in [0.25, 0.3) is 0 Å². The van der Waals surface area contributed by atoms with Crippen molar-refractivity contribution in [2.24, 2.45) is 5.92 Å². The maximum atomic E-state index is 13.2. The van der Waals surface area contributed by atoms with Crippen molar-refractivity contribution in [2.45, 2.75) is 56.8 Å². The molecule has 9 heteroatoms. The minimum absolute atomic E-state index is 0.0159. The average Bonchev–Trinajstić information content (AvgIpc) is 3.45. The van der Waals surface area contributed by atoms with Crippen molar-refractivity contribution in [1.29, 1.82) is 0 Å². The maximum Gasteiger partial charge on any atom is 0.419 e. The summed E-state index contributed by atoms with van der Waals surface area (Å²) >= 11 is 0. The quantitative estimate of drug-likeness (QED) is 0.820. The van der Waals surface area contributed by atoms with Crippen LogP contribution in [0.5, 0.6) is 0 Å². The van der Waals surface area contributed by atoms with Crippen molar-refractivity contribution < 1.29 is 17.9 Å². The minimum atomic E-state index is -4.55. The summed E-state index contributed by atoms with van der Waals surface area (Å²) in [5.41, 5.74) is 4.54. The Kier molecular flexibility index (Phi) is 4.79. The lowest BCUT2D eigenvalue weighted by atomic mass is 9.93. The first-order valence-corrected chi connectivity index (χ1v) is 9.26. The second-order valence-electron chi connectivity index (χ2n) is 7.41. The third-order valence-corrected chi connectivity index (χ3v) is 5.23. The van der Waals surface area contributed by atoms with Gasteiger partial charge in [0.2, 0.25) is 5.95 Å². The van der Waals surface area contributed by atoms with Crippen molar-refractivity contribution in [3.05, 3.63) is 18.0 Å². The zero-order valence-corrected chi connectivity index (χ0v) is 14.8. The van der Waals surface area contributed by atoms with E-state index in [1.54, 1.807) is 0 Å². The third kappa shape index (κ3) is 4.23. The van der Waals surface area contributed by atoms with E-state index in [2.05, 4.69) is 20.3 Å². The average molecular weight is 381 g/mol. The molecule has 6 nitrogen and oxygen atoms in total. The molecule has 2 aliphatic carbocycles. The number of fused-ring (bicyclic) bond motifs is 1. The van der Waals surface area contributed by atoms with Crippen LogP contribution >= 0.6 is 0 Å². The number of nitrogen functional groups attached to an aromatic ring is 1. The molecule has 0 spiro atoms. The molecule has 0 amide bonds. The van der Waals surface area contributed by atoms with Crippen LogP contribution in [0.3, 0.4) is 0 Å². The molecular formula is C18H22F3N5O. The topological polar surface area (TPSA) is 86.0 Å². The third-order valence-electron chi connectivity index (χ3n) is 5.23. The second-order valence-corrected chi connectivity index (χ2v) is 7.41. The highest BCUT2D eigenvalue weighted by Crippen LogP contribution is 2.35. The maximum absolute atomic E-state index is 13.2. The van der Waals surface area contributed by atoms with E-state index < -0.39 is 11.7 Å². The van der Waals surface area contributed by atoms with Crippen molar-refractivity contribution in [3.8, 4) is 0 Å². The molecule has 2 fully saturated rings. The lowest BCUT2D eigenvalue weighted by molar-refractivity contribution is -0.136. The lowest BCUT2D eigenvalue weighted by Crippen LogP contribution is -2.30. The molecule has 2 heterocycles. The van der Waals surface area contributed by atoms with Gasteiger partial charge in [0.05, 0.1) is 17.0 Å². The SMILES string of the molecule is Nc1ncc(C(F)(F)F)c2nc(N[C@H]3CC[C@H](OCC4CC4)CC3)ncc12. The van der Waals surface area contributed by atoms with Crippen molar-refractivity contribution in [3.63, 3.8) is 0 Å². The van der Waals surface area contributed by atoms with Gasteiger partial charge in [0, 0.05) is 25.0 Å². The Bertz CT molecular complexity index is 816. The standard InChI is InChI=1S/C18H22F3N5O/c19-18(20,21)14-8-23-16(22)13-7-24-17(26-15(13)14)25-11-3-5-12(6-4-11)27-9-10-1-2-10/h7-8,10-12H,1-6,9H2,(H2,22,23)(H,24,25,26)/t11-,12-. The summed E-state index contributed by atoms with van der Waals surface area (Å²) in [4.78, 5) is 11.8. The zero-order valence-electron chi connectivity index (χ0n) is 14.8. The van der Waals surface area contributed by atoms with Crippen LogP contribution in [0.2, 0.25) is 0 Å². The van der Waals surface area contributed by atoms with E-state index in [0.717, 1.165) is 44.4 Å². The van der Waals surface area contributed by atoms with Crippen LogP contribution in [0.4, 0.5) is 24.9 Å². The van der Waals surface area contributed by atoms with Crippen molar-refractivity contribution in [1.82, 2.24) is 15.0 Å². The van der Waals surface area contributed by atoms with Crippen LogP contribution in [0.1, 0.15) is 44.1 Å². The Morgan fingerprint density at radius 2 is 1.81 bits per heavy atom. The zero-order chi connectivity index (χ0) is 19.0. The molecule has 0 aromatic carbocycles. The number of hydrogen-bond donors (Lipinski definition) is 2. The summed E-state index contributed by atoms with van der Waals surface area (Å²) in [6, 6.07) is 0.122. The molecule has 0 unspecified atom stereocenters. The number of aromatic nitrogens is 3. The molecular weight excluding hydrogens is 359 g/mol. The van der Waals surface area contributed by atoms with E-state index in [1.165, 1.54) is 19.0 Å². The molecule has 0 atom stereocenters. The molecule has 27 heavy (non-hydrogen) atoms. The number of anilines is 2. The number of pyridine rings is 1. The summed E-state index contributed by atoms with van der Waals surface area (Å²) in [5, 5.41) is 3.27. The highest BCUT2D eigenvalue weighted by Gasteiger charge is 2.34. The van der Waals surface area contributed by atoms with Crippen LogP contribution in [-0.4, -0.2) is 33.7 Å². The predicted molar refractivity (Wildman–Crippen MR) is 95.1 cm³/mol. The second kappa shape index (κ2) is 7.10. The number of nitrogens with two attached hydrogens (primary N) is 1. The van der Waals surface area contributed by atoms with Gasteiger partial charge in [-0.3, -0.25) is 0 Å². The van der Waals surface area contributed by atoms with E-state index in [-0.39, 0.29) is 34.8 Å². The first-order chi connectivity index (χ1) is 12.9. The van der Waals surface area contributed by atoms with E-state index in [1.807, 2.05) is 0 Å². The smallest absolute Gasteiger partial charge is 0.383 e. The number of alkyl halides is 3. The number of hydrogen-bond acceptors (Lipinski definition) is 6. The fraction of sp³-hybridized carbons (Fsp3) is 0.611. The van der Waals surface area contributed by atoms with Crippen LogP contribution in [0, 0.1) is 5.92 Å². The highest BCUT2D eigenvalue weighted by atomic mass is 19.4. The van der Waals surface area contributed by atoms with Crippen LogP contribution in [0.25, 0.3) is 10.9 Å². The Labute approximate surface area is 154 Å². The monoisotopic (exact) mass is 381 g/mol. The Balaban J connectivity index is 1.45. The summed E-state index contributed by atoms with van der Waals surface area (Å²) < 4.78 is 45.6. The van der Waals surface area contributed by atoms with Gasteiger partial charge in [-0.1, -0.05) is 0 Å². The fourth-order valence-electron chi connectivity index (χ4n) is 3.43. The van der Waals surface area contributed by atoms with Gasteiger partial charge in [0.1, 0.15) is 11.4 Å². The molecule has 0 bridgehead atoms. The largest absolute Gasteiger partial charge is 0.419 e. The molecule has 3 N–H and O–H groups in total. The summed E-state index contributed by atoms with van der Waals surface area (Å²) in [5.74, 6) is 0.912. The van der Waals surface area contributed by atoms with Gasteiger partial charge in [-0.2, -0.15) is 13.2 Å².